The van der Waals surface area contributed by atoms with Crippen molar-refractivity contribution in [2.24, 2.45) is 124 Å². The molecule has 130 heavy (non-hydrogen) atoms. The van der Waals surface area contributed by atoms with Gasteiger partial charge in [0.1, 0.15) is 36.6 Å². The Morgan fingerprint density at radius 3 is 0.985 bits per heavy atom. The maximum atomic E-state index is 14.6. The number of aliphatic hydroxyl groups is 10. The summed E-state index contributed by atoms with van der Waals surface area (Å²) in [6, 6.07) is 0. The van der Waals surface area contributed by atoms with Gasteiger partial charge in [-0.25, -0.2) is 0 Å². The Kier molecular flexibility index (Phi) is 25.6. The highest BCUT2D eigenvalue weighted by molar-refractivity contribution is 5.95. The summed E-state index contributed by atoms with van der Waals surface area (Å²) in [5.41, 5.74) is -9.15. The molecule has 4 aliphatic heterocycles. The fourth-order valence-corrected chi connectivity index (χ4v) is 32.6. The lowest BCUT2D eigenvalue weighted by Crippen LogP contribution is -2.76. The zero-order valence-corrected chi connectivity index (χ0v) is 83.3. The van der Waals surface area contributed by atoms with Crippen LogP contribution in [0.15, 0.2) is 44.6 Å². The normalized spacial score (nSPS) is 50.3. The monoisotopic (exact) mass is 1830 g/mol. The second-order valence-corrected chi connectivity index (χ2v) is 47.6. The zero-order valence-electron chi connectivity index (χ0n) is 83.3. The predicted octanol–water partition coefficient (Wildman–Crippen LogP) is 10.3. The summed E-state index contributed by atoms with van der Waals surface area (Å²) >= 11 is 0. The maximum Gasteiger partial charge on any atom is 0.303 e. The van der Waals surface area contributed by atoms with Gasteiger partial charge in [0, 0.05) is 140 Å². The Hall–Kier alpha value is -5.44. The van der Waals surface area contributed by atoms with Crippen LogP contribution in [-0.4, -0.2) is 245 Å². The van der Waals surface area contributed by atoms with Crippen LogP contribution in [0.4, 0.5) is 0 Å². The molecule has 38 atom stereocenters. The van der Waals surface area contributed by atoms with Gasteiger partial charge >= 0.3 is 35.8 Å². The van der Waals surface area contributed by atoms with E-state index in [0.29, 0.717) is 78.3 Å². The highest BCUT2D eigenvalue weighted by Crippen LogP contribution is 2.75. The van der Waals surface area contributed by atoms with Crippen molar-refractivity contribution in [2.45, 2.75) is 393 Å². The Morgan fingerprint density at radius 1 is 0.331 bits per heavy atom. The van der Waals surface area contributed by atoms with Gasteiger partial charge < -0.3 is 98.4 Å². The van der Waals surface area contributed by atoms with Crippen molar-refractivity contribution in [3.63, 3.8) is 0 Å². The van der Waals surface area contributed by atoms with Crippen molar-refractivity contribution in [3.8, 4) is 0 Å². The molecule has 0 radical (unpaired) electrons. The second-order valence-electron chi connectivity index (χ2n) is 47.6. The summed E-state index contributed by atoms with van der Waals surface area (Å²) in [7, 11) is 0. The molecule has 10 N–H and O–H groups in total. The van der Waals surface area contributed by atoms with E-state index in [2.05, 4.69) is 55.4 Å². The molecule has 0 aromatic carbocycles. The van der Waals surface area contributed by atoms with E-state index < -0.39 is 198 Å². The lowest BCUT2D eigenvalue weighted by Gasteiger charge is -2.70. The predicted molar refractivity (Wildman–Crippen MR) is 475 cm³/mol. The molecule has 0 amide bonds. The van der Waals surface area contributed by atoms with Gasteiger partial charge in [-0.3, -0.25) is 38.4 Å². The van der Waals surface area contributed by atoms with Crippen molar-refractivity contribution in [2.75, 3.05) is 26.4 Å². The summed E-state index contributed by atoms with van der Waals surface area (Å²) in [6.07, 6.45) is -9.12. The lowest BCUT2D eigenvalue weighted by molar-refractivity contribution is -0.328. The molecule has 4 heterocycles. The smallest absolute Gasteiger partial charge is 0.303 e. The van der Waals surface area contributed by atoms with E-state index in [0.717, 1.165) is 18.4 Å². The summed E-state index contributed by atoms with van der Waals surface area (Å²) in [4.78, 5) is 101. The highest BCUT2D eigenvalue weighted by Gasteiger charge is 2.79. The van der Waals surface area contributed by atoms with Crippen molar-refractivity contribution < 1.29 is 137 Å². The number of carbonyl (C=O) groups is 8. The van der Waals surface area contributed by atoms with E-state index in [1.54, 1.807) is 20.8 Å². The minimum Gasteiger partial charge on any atom is -0.458 e. The van der Waals surface area contributed by atoms with E-state index in [1.165, 1.54) is 41.5 Å². The zero-order chi connectivity index (χ0) is 97.8. The molecule has 0 aromatic rings. The summed E-state index contributed by atoms with van der Waals surface area (Å²) in [6.45, 7) is 60.8. The molecule has 16 aliphatic rings. The topological polar surface area (TPSA) is 431 Å². The molecule has 4 saturated heterocycles. The molecule has 0 aromatic heterocycles. The SMILES string of the molecule is CC(=O)O[C@H]1C(=O)[C@@]2(C)[C@H]([C@H](C)[C@]3(O)C[C@H](OC(C)=O)C(C)=C1C3(C)C)[C@]1(C)CO[C@@H]1C[C@@H]2C.CC(=O)O[C@H]1C[C@@]2(O)[C@@H](C)[C@@H]3[C@]4(C)CO[C@@H]4C[C@H](C)[C@@]3(C)[C@@H](O)[C@H](OC(C)=O)C(=C1C)C2(C)C.CC(=O)O[C@H]1C[C@@]2(O)[C@@H](C)[C@@H]3[C@]4(C)CO[C@@H]4C[C@H](O)[C@@]3(C)[C@@H](O)[C@H](OC(C)=O)C(=C1C)C2(C)C.CC1=C2[C@@H](O)C(=O)[C@@]3(C)[C@H]([C@H](C)[C@](O)(C[C@@H]1O)C2(C)C)[C@]1(C)CO[C@@H]1C[C@@H]3O. The highest BCUT2D eigenvalue weighted by atomic mass is 16.6. The Morgan fingerprint density at radius 2 is 0.623 bits per heavy atom. The van der Waals surface area contributed by atoms with Gasteiger partial charge in [-0.2, -0.15) is 0 Å². The minimum absolute atomic E-state index is 0.0127. The Labute approximate surface area is 768 Å². The van der Waals surface area contributed by atoms with Crippen LogP contribution in [0.25, 0.3) is 0 Å². The molecule has 8 saturated carbocycles. The first-order chi connectivity index (χ1) is 59.3. The molecule has 732 valence electrons. The van der Waals surface area contributed by atoms with E-state index in [4.69, 9.17) is 47.4 Å². The van der Waals surface area contributed by atoms with E-state index in [9.17, 15) is 89.4 Å². The second kappa shape index (κ2) is 32.6. The third-order valence-corrected chi connectivity index (χ3v) is 40.3. The van der Waals surface area contributed by atoms with Crippen LogP contribution < -0.4 is 0 Å². The number of carbonyl (C=O) groups excluding carboxylic acids is 8. The Balaban J connectivity index is 0.000000148. The van der Waals surface area contributed by atoms with Gasteiger partial charge in [-0.05, 0) is 151 Å². The van der Waals surface area contributed by atoms with E-state index in [-0.39, 0.29) is 119 Å². The van der Waals surface area contributed by atoms with Crippen molar-refractivity contribution in [1.82, 2.24) is 0 Å². The lowest BCUT2D eigenvalue weighted by atomic mass is 9.39. The molecule has 8 bridgehead atoms. The summed E-state index contributed by atoms with van der Waals surface area (Å²) in [5.74, 6) is -5.94. The molecule has 0 spiro atoms. The van der Waals surface area contributed by atoms with Gasteiger partial charge in [-0.1, -0.05) is 145 Å². The number of Topliss-reactive ketones (excluding diaryl/α,β-unsaturated/α-hetero) is 2. The molecule has 16 rings (SSSR count). The van der Waals surface area contributed by atoms with E-state index in [1.807, 2.05) is 104 Å². The average Bonchev–Trinajstić information content (AvgIpc) is 0.687. The van der Waals surface area contributed by atoms with Gasteiger partial charge in [0.05, 0.1) is 97.0 Å². The van der Waals surface area contributed by atoms with Crippen molar-refractivity contribution >= 4 is 47.4 Å². The van der Waals surface area contributed by atoms with Gasteiger partial charge in [-0.15, -0.1) is 0 Å². The van der Waals surface area contributed by atoms with Crippen molar-refractivity contribution in [1.29, 1.82) is 0 Å². The fraction of sp³-hybridized carbons (Fsp3) is 0.843. The third-order valence-electron chi connectivity index (χ3n) is 40.3. The molecule has 12 aliphatic carbocycles. The number of esters is 6. The molecule has 28 heteroatoms. The van der Waals surface area contributed by atoms with Crippen LogP contribution >= 0.6 is 0 Å². The van der Waals surface area contributed by atoms with Crippen LogP contribution in [0.3, 0.4) is 0 Å². The number of ketones is 2. The standard InChI is InChI=1S/C27H42O7.C27H40O7.C26H40O8.C22H34O6/c2*1-13-10-19-25(8,12-32-19)22-15(3)27(31)11-18(33-16(4)28)14(2)20(24(27,6)7)21(34-17(5)29)23(30)26(13,22)9;1-12-16(33-14(3)27)10-26(31)13(2)21-24(7)11-32-18(24)9-17(29)25(21,8)22(30)20(34-15(4)28)19(12)23(26,5)6;1-10-12(23)8-22(27)11(2)17-20(5)9-28-14(20)7-13(24)21(17,6)18(26)16(25)15(10)19(22,3)4/h13,15,18-19,21-23,30-31H,10-12H2,1-9H3;13,15,18-19,21-22,31H,10-12H2,1-9H3;13,16-18,20-22,29-31H,9-11H2,1-8H3;11-14,16-17,23-25,27H,7-9H2,1-6H3/t13-,15-,18-,19+,21+,22+,23-,25+,26+,27+;13-,15-,18-,19+,21+,22+,25+,26+,27+;13-,16-,17-,18+,20+,21+,22-,24+,25+,26+;11-,12-,13-,14+,16+,17+,20+,21+,22+/m0000/s1. The first-order valence-corrected chi connectivity index (χ1v) is 47.7. The third kappa shape index (κ3) is 13.8. The number of ether oxygens (including phenoxy) is 10. The molecule has 12 fully saturated rings. The maximum absolute atomic E-state index is 14.6. The van der Waals surface area contributed by atoms with Gasteiger partial charge in [0.25, 0.3) is 0 Å². The van der Waals surface area contributed by atoms with Crippen LogP contribution in [0.5, 0.6) is 0 Å². The fourth-order valence-electron chi connectivity index (χ4n) is 32.6. The Bertz CT molecular complexity index is 4580. The van der Waals surface area contributed by atoms with E-state index >= 15 is 0 Å². The minimum atomic E-state index is -1.47. The van der Waals surface area contributed by atoms with Crippen LogP contribution in [-0.2, 0) is 85.7 Å². The number of hydrogen-bond acceptors (Lipinski definition) is 28. The number of aliphatic hydroxyl groups excluding tert-OH is 6. The molecular weight excluding hydrogens is 1670 g/mol. The largest absolute Gasteiger partial charge is 0.458 e. The van der Waals surface area contributed by atoms with Gasteiger partial charge in [0.2, 0.25) is 0 Å². The summed E-state index contributed by atoms with van der Waals surface area (Å²) in [5, 5.41) is 118. The van der Waals surface area contributed by atoms with Crippen LogP contribution in [0, 0.1) is 124 Å². The molecular formula is C102H156O28. The van der Waals surface area contributed by atoms with Gasteiger partial charge in [0.15, 0.2) is 29.9 Å². The molecule has 0 unspecified atom stereocenters. The first-order valence-electron chi connectivity index (χ1n) is 47.7. The number of fused-ring (bicyclic) bond motifs is 20. The number of rotatable bonds is 6. The van der Waals surface area contributed by atoms with Crippen LogP contribution in [0.2, 0.25) is 0 Å². The average molecular weight is 1830 g/mol. The van der Waals surface area contributed by atoms with Crippen molar-refractivity contribution in [3.05, 3.63) is 44.6 Å². The quantitative estimate of drug-likeness (QED) is 0.0671. The van der Waals surface area contributed by atoms with Crippen LogP contribution in [0.1, 0.15) is 273 Å². The summed E-state index contributed by atoms with van der Waals surface area (Å²) < 4.78 is 58.1. The number of hydrogen-bond donors (Lipinski definition) is 10. The first kappa shape index (κ1) is 102. The molecule has 28 nitrogen and oxygen atoms in total.